The quantitative estimate of drug-likeness (QED) is 0.521. The topological polar surface area (TPSA) is 117 Å². The molecule has 0 aliphatic carbocycles. The number of carbonyl (C=O) groups is 1. The minimum absolute atomic E-state index is 0.00496. The highest BCUT2D eigenvalue weighted by atomic mass is 35.5. The average Bonchev–Trinajstić information content (AvgIpc) is 2.90. The number of nitrogens with one attached hydrogen (secondary N) is 3. The van der Waals surface area contributed by atoms with E-state index in [1.807, 2.05) is 6.92 Å². The summed E-state index contributed by atoms with van der Waals surface area (Å²) in [5.41, 5.74) is 1.67. The number of rotatable bonds is 5. The number of aryl methyl sites for hydroxylation is 2. The lowest BCUT2D eigenvalue weighted by molar-refractivity contribution is 0.209. The first-order chi connectivity index (χ1) is 12.8. The second-order valence-corrected chi connectivity index (χ2v) is 5.97. The summed E-state index contributed by atoms with van der Waals surface area (Å²) in [7, 11) is 1.79. The molecule has 2 heterocycles. The Hall–Kier alpha value is -3.40. The highest BCUT2D eigenvalue weighted by molar-refractivity contribution is 6.32. The molecule has 0 unspecified atom stereocenters. The molecule has 0 radical (unpaired) electrons. The Morgan fingerprint density at radius 3 is 2.74 bits per heavy atom. The molecule has 4 N–H and O–H groups in total. The Kier molecular flexibility index (Phi) is 5.08. The summed E-state index contributed by atoms with van der Waals surface area (Å²) in [5, 5.41) is 21.1. The van der Waals surface area contributed by atoms with Crippen LogP contribution in [-0.2, 0) is 7.05 Å². The first kappa shape index (κ1) is 18.4. The van der Waals surface area contributed by atoms with Crippen molar-refractivity contribution in [1.82, 2.24) is 19.7 Å². The van der Waals surface area contributed by atoms with Crippen molar-refractivity contribution < 1.29 is 14.3 Å². The van der Waals surface area contributed by atoms with Crippen molar-refractivity contribution in [3.63, 3.8) is 0 Å². The standard InChI is InChI=1S/C16H15ClFN7O2/c1-8-13(7-25(2)24-8)22-15-19-6-10(17)14(23-15)21-12-5-9(20-16(26)27)3-4-11(12)18/h3-7,20H,1-2H3,(H,26,27)(H2,19,21,22,23). The number of hydrogen-bond acceptors (Lipinski definition) is 6. The van der Waals surface area contributed by atoms with E-state index in [0.29, 0.717) is 5.69 Å². The van der Waals surface area contributed by atoms with E-state index in [1.54, 1.807) is 17.9 Å². The van der Waals surface area contributed by atoms with Crippen LogP contribution < -0.4 is 16.0 Å². The van der Waals surface area contributed by atoms with E-state index < -0.39 is 11.9 Å². The van der Waals surface area contributed by atoms with Gasteiger partial charge in [0.05, 0.1) is 23.3 Å². The molecule has 2 aromatic heterocycles. The second kappa shape index (κ2) is 7.46. The molecular weight excluding hydrogens is 377 g/mol. The van der Waals surface area contributed by atoms with Crippen LogP contribution in [0, 0.1) is 12.7 Å². The van der Waals surface area contributed by atoms with Gasteiger partial charge < -0.3 is 15.7 Å². The number of hydrogen-bond donors (Lipinski definition) is 4. The summed E-state index contributed by atoms with van der Waals surface area (Å²) in [4.78, 5) is 19.1. The fourth-order valence-electron chi connectivity index (χ4n) is 2.31. The van der Waals surface area contributed by atoms with Crippen LogP contribution in [0.1, 0.15) is 5.69 Å². The summed E-state index contributed by atoms with van der Waals surface area (Å²) < 4.78 is 15.7. The SMILES string of the molecule is Cc1nn(C)cc1Nc1ncc(Cl)c(Nc2cc(NC(=O)O)ccc2F)n1. The zero-order valence-corrected chi connectivity index (χ0v) is 15.0. The van der Waals surface area contributed by atoms with Crippen LogP contribution in [0.3, 0.4) is 0 Å². The van der Waals surface area contributed by atoms with E-state index in [1.165, 1.54) is 18.3 Å². The number of halogens is 2. The van der Waals surface area contributed by atoms with Crippen molar-refractivity contribution >= 4 is 46.5 Å². The third-order valence-corrected chi connectivity index (χ3v) is 3.75. The third-order valence-electron chi connectivity index (χ3n) is 3.47. The summed E-state index contributed by atoms with van der Waals surface area (Å²) in [6.45, 7) is 1.83. The van der Waals surface area contributed by atoms with E-state index in [-0.39, 0.29) is 28.2 Å². The third kappa shape index (κ3) is 4.42. The van der Waals surface area contributed by atoms with Gasteiger partial charge in [0.1, 0.15) is 10.8 Å². The van der Waals surface area contributed by atoms with Crippen LogP contribution in [0.2, 0.25) is 5.02 Å². The highest BCUT2D eigenvalue weighted by Gasteiger charge is 2.12. The molecule has 0 spiro atoms. The molecule has 27 heavy (non-hydrogen) atoms. The lowest BCUT2D eigenvalue weighted by Crippen LogP contribution is -2.08. The predicted molar refractivity (Wildman–Crippen MR) is 99.6 cm³/mol. The Bertz CT molecular complexity index is 1010. The van der Waals surface area contributed by atoms with Crippen LogP contribution in [-0.4, -0.2) is 30.9 Å². The lowest BCUT2D eigenvalue weighted by Gasteiger charge is -2.11. The molecule has 3 aromatic rings. The molecule has 0 aliphatic rings. The van der Waals surface area contributed by atoms with Crippen LogP contribution in [0.4, 0.5) is 38.0 Å². The molecule has 1 amide bonds. The van der Waals surface area contributed by atoms with Crippen molar-refractivity contribution in [3.05, 3.63) is 47.1 Å². The summed E-state index contributed by atoms with van der Waals surface area (Å²) in [5.74, 6) is -0.210. The van der Waals surface area contributed by atoms with Crippen LogP contribution >= 0.6 is 11.6 Å². The molecule has 3 rings (SSSR count). The van der Waals surface area contributed by atoms with Gasteiger partial charge in [-0.1, -0.05) is 11.6 Å². The van der Waals surface area contributed by atoms with Crippen molar-refractivity contribution in [2.75, 3.05) is 16.0 Å². The summed E-state index contributed by atoms with van der Waals surface area (Å²) >= 11 is 6.10. The normalized spacial score (nSPS) is 10.5. The fraction of sp³-hybridized carbons (Fsp3) is 0.125. The minimum atomic E-state index is -1.26. The molecule has 9 nitrogen and oxygen atoms in total. The number of benzene rings is 1. The van der Waals surface area contributed by atoms with Gasteiger partial charge in [0.25, 0.3) is 0 Å². The Morgan fingerprint density at radius 2 is 2.07 bits per heavy atom. The maximum atomic E-state index is 14.1. The molecule has 0 bridgehead atoms. The maximum Gasteiger partial charge on any atom is 0.409 e. The van der Waals surface area contributed by atoms with E-state index >= 15 is 0 Å². The Labute approximate surface area is 158 Å². The number of aromatic nitrogens is 4. The highest BCUT2D eigenvalue weighted by Crippen LogP contribution is 2.28. The van der Waals surface area contributed by atoms with Crippen molar-refractivity contribution in [2.45, 2.75) is 6.92 Å². The van der Waals surface area contributed by atoms with E-state index in [2.05, 4.69) is 31.0 Å². The van der Waals surface area contributed by atoms with Gasteiger partial charge in [-0.25, -0.2) is 14.2 Å². The van der Waals surface area contributed by atoms with Gasteiger partial charge in [-0.2, -0.15) is 10.1 Å². The number of anilines is 5. The molecular formula is C16H15ClFN7O2. The lowest BCUT2D eigenvalue weighted by atomic mass is 10.2. The van der Waals surface area contributed by atoms with Crippen molar-refractivity contribution in [1.29, 1.82) is 0 Å². The smallest absolute Gasteiger partial charge is 0.409 e. The van der Waals surface area contributed by atoms with Gasteiger partial charge in [0, 0.05) is 18.9 Å². The van der Waals surface area contributed by atoms with Crippen LogP contribution in [0.5, 0.6) is 0 Å². The van der Waals surface area contributed by atoms with Crippen molar-refractivity contribution in [3.8, 4) is 0 Å². The molecule has 0 aliphatic heterocycles. The molecule has 1 aromatic carbocycles. The van der Waals surface area contributed by atoms with E-state index in [4.69, 9.17) is 16.7 Å². The van der Waals surface area contributed by atoms with Gasteiger partial charge >= 0.3 is 6.09 Å². The number of carboxylic acid groups (broad SMARTS) is 1. The molecule has 0 fully saturated rings. The molecule has 0 saturated heterocycles. The second-order valence-electron chi connectivity index (χ2n) is 5.57. The summed E-state index contributed by atoms with van der Waals surface area (Å²) in [6, 6.07) is 3.72. The molecule has 11 heteroatoms. The van der Waals surface area contributed by atoms with E-state index in [0.717, 1.165) is 11.8 Å². The number of nitrogens with zero attached hydrogens (tertiary/aromatic N) is 4. The minimum Gasteiger partial charge on any atom is -0.465 e. The zero-order chi connectivity index (χ0) is 19.6. The predicted octanol–water partition coefficient (Wildman–Crippen LogP) is 3.89. The van der Waals surface area contributed by atoms with E-state index in [9.17, 15) is 9.18 Å². The Morgan fingerprint density at radius 1 is 1.30 bits per heavy atom. The van der Waals surface area contributed by atoms with Gasteiger partial charge in [-0.3, -0.25) is 10.00 Å². The first-order valence-electron chi connectivity index (χ1n) is 7.68. The van der Waals surface area contributed by atoms with Crippen molar-refractivity contribution in [2.24, 2.45) is 7.05 Å². The molecule has 0 saturated carbocycles. The van der Waals surface area contributed by atoms with Gasteiger partial charge in [0.2, 0.25) is 5.95 Å². The molecule has 140 valence electrons. The monoisotopic (exact) mass is 391 g/mol. The Balaban J connectivity index is 1.87. The van der Waals surface area contributed by atoms with Crippen LogP contribution in [0.15, 0.2) is 30.6 Å². The number of amides is 1. The van der Waals surface area contributed by atoms with Crippen LogP contribution in [0.25, 0.3) is 0 Å². The van der Waals surface area contributed by atoms with Gasteiger partial charge in [0.15, 0.2) is 5.82 Å². The van der Waals surface area contributed by atoms with Gasteiger partial charge in [-0.05, 0) is 25.1 Å². The zero-order valence-electron chi connectivity index (χ0n) is 14.3. The average molecular weight is 392 g/mol. The fourth-order valence-corrected chi connectivity index (χ4v) is 2.45. The van der Waals surface area contributed by atoms with Gasteiger partial charge in [-0.15, -0.1) is 0 Å². The first-order valence-corrected chi connectivity index (χ1v) is 8.06. The maximum absolute atomic E-state index is 14.1. The summed E-state index contributed by atoms with van der Waals surface area (Å²) in [6.07, 6.45) is 1.87. The molecule has 0 atom stereocenters. The largest absolute Gasteiger partial charge is 0.465 e.